The molecule has 0 aromatic heterocycles. The molecule has 1 aliphatic carbocycles. The predicted molar refractivity (Wildman–Crippen MR) is 77.2 cm³/mol. The van der Waals surface area contributed by atoms with Gasteiger partial charge in [-0.25, -0.2) is 0 Å². The van der Waals surface area contributed by atoms with Gasteiger partial charge in [-0.15, -0.1) is 0 Å². The molecule has 0 aromatic carbocycles. The van der Waals surface area contributed by atoms with Crippen LogP contribution < -0.4 is 5.73 Å². The molecule has 2 aliphatic rings. The molecule has 0 aromatic rings. The molecule has 2 N–H and O–H groups in total. The van der Waals surface area contributed by atoms with Gasteiger partial charge in [0.15, 0.2) is 0 Å². The number of ether oxygens (including phenoxy) is 2. The largest absolute Gasteiger partial charge is 0.378 e. The van der Waals surface area contributed by atoms with Crippen LogP contribution in [0.2, 0.25) is 0 Å². The van der Waals surface area contributed by atoms with Gasteiger partial charge in [0.05, 0.1) is 12.2 Å². The van der Waals surface area contributed by atoms with Crippen LogP contribution in [-0.4, -0.2) is 55.5 Å². The summed E-state index contributed by atoms with van der Waals surface area (Å²) in [6.45, 7) is 11.2. The highest BCUT2D eigenvalue weighted by Gasteiger charge is 2.59. The lowest BCUT2D eigenvalue weighted by molar-refractivity contribution is -0.157. The van der Waals surface area contributed by atoms with Crippen LogP contribution in [0.15, 0.2) is 0 Å². The van der Waals surface area contributed by atoms with Gasteiger partial charge >= 0.3 is 0 Å². The molecule has 2 fully saturated rings. The predicted octanol–water partition coefficient (Wildman–Crippen LogP) is 1.63. The average molecular weight is 270 g/mol. The average Bonchev–Trinajstić information content (AvgIpc) is 2.75. The number of nitrogens with two attached hydrogens (primary N) is 1. The molecular weight excluding hydrogens is 240 g/mol. The van der Waals surface area contributed by atoms with Crippen molar-refractivity contribution in [3.05, 3.63) is 0 Å². The van der Waals surface area contributed by atoms with E-state index in [9.17, 15) is 0 Å². The van der Waals surface area contributed by atoms with E-state index in [1.54, 1.807) is 0 Å². The van der Waals surface area contributed by atoms with Gasteiger partial charge in [-0.1, -0.05) is 13.8 Å². The minimum absolute atomic E-state index is 0.0416. The Hall–Kier alpha value is -0.160. The summed E-state index contributed by atoms with van der Waals surface area (Å²) in [5, 5.41) is 0. The third-order valence-corrected chi connectivity index (χ3v) is 5.44. The zero-order valence-corrected chi connectivity index (χ0v) is 13.1. The molecule has 0 bridgehead atoms. The Kier molecular flexibility index (Phi) is 4.26. The minimum atomic E-state index is -0.149. The molecule has 1 saturated carbocycles. The van der Waals surface area contributed by atoms with Crippen molar-refractivity contribution in [1.82, 2.24) is 4.90 Å². The Morgan fingerprint density at radius 2 is 2.11 bits per heavy atom. The van der Waals surface area contributed by atoms with Crippen LogP contribution in [0.1, 0.15) is 40.5 Å². The number of rotatable bonds is 5. The molecule has 0 radical (unpaired) electrons. The Balaban J connectivity index is 1.95. The molecule has 0 amide bonds. The maximum absolute atomic E-state index is 6.65. The van der Waals surface area contributed by atoms with Crippen LogP contribution in [0.3, 0.4) is 0 Å². The van der Waals surface area contributed by atoms with Crippen LogP contribution in [0.25, 0.3) is 0 Å². The summed E-state index contributed by atoms with van der Waals surface area (Å²) in [6, 6.07) is 0.502. The fourth-order valence-corrected chi connectivity index (χ4v) is 3.64. The molecule has 19 heavy (non-hydrogen) atoms. The van der Waals surface area contributed by atoms with E-state index in [0.717, 1.165) is 32.6 Å². The third-order valence-electron chi connectivity index (χ3n) is 5.44. The zero-order valence-electron chi connectivity index (χ0n) is 13.1. The van der Waals surface area contributed by atoms with Gasteiger partial charge in [0.1, 0.15) is 0 Å². The monoisotopic (exact) mass is 270 g/mol. The first-order valence-corrected chi connectivity index (χ1v) is 7.54. The van der Waals surface area contributed by atoms with E-state index in [-0.39, 0.29) is 11.0 Å². The third kappa shape index (κ3) is 2.56. The molecule has 1 saturated heterocycles. The first-order chi connectivity index (χ1) is 8.82. The fraction of sp³-hybridized carbons (Fsp3) is 1.00. The number of likely N-dealkylation sites (N-methyl/N-ethyl adjacent to an activating group) is 1. The van der Waals surface area contributed by atoms with Crippen molar-refractivity contribution in [3.8, 4) is 0 Å². The summed E-state index contributed by atoms with van der Waals surface area (Å²) in [6.07, 6.45) is 2.69. The quantitative estimate of drug-likeness (QED) is 0.825. The van der Waals surface area contributed by atoms with Crippen molar-refractivity contribution >= 4 is 0 Å². The first-order valence-electron chi connectivity index (χ1n) is 7.54. The van der Waals surface area contributed by atoms with E-state index in [1.807, 2.05) is 0 Å². The minimum Gasteiger partial charge on any atom is -0.378 e. The highest BCUT2D eigenvalue weighted by molar-refractivity contribution is 5.15. The molecule has 4 atom stereocenters. The van der Waals surface area contributed by atoms with Crippen molar-refractivity contribution in [2.45, 2.75) is 64.3 Å². The van der Waals surface area contributed by atoms with Crippen LogP contribution in [-0.2, 0) is 9.47 Å². The van der Waals surface area contributed by atoms with Crippen LogP contribution in [0, 0.1) is 5.41 Å². The Bertz CT molecular complexity index is 321. The van der Waals surface area contributed by atoms with Crippen LogP contribution in [0.5, 0.6) is 0 Å². The smallest absolute Gasteiger partial charge is 0.0702 e. The molecule has 4 nitrogen and oxygen atoms in total. The second-order valence-electron chi connectivity index (χ2n) is 6.87. The molecule has 1 heterocycles. The maximum Gasteiger partial charge on any atom is 0.0702 e. The first kappa shape index (κ1) is 15.2. The molecule has 4 unspecified atom stereocenters. The lowest BCUT2D eigenvalue weighted by atomic mass is 9.54. The van der Waals surface area contributed by atoms with E-state index >= 15 is 0 Å². The summed E-state index contributed by atoms with van der Waals surface area (Å²) in [4.78, 5) is 2.39. The molecule has 112 valence electrons. The van der Waals surface area contributed by atoms with Crippen molar-refractivity contribution in [2.24, 2.45) is 11.1 Å². The van der Waals surface area contributed by atoms with Gasteiger partial charge in [0.2, 0.25) is 0 Å². The van der Waals surface area contributed by atoms with Crippen molar-refractivity contribution in [3.63, 3.8) is 0 Å². The highest BCUT2D eigenvalue weighted by Crippen LogP contribution is 2.50. The van der Waals surface area contributed by atoms with E-state index < -0.39 is 0 Å². The molecule has 2 rings (SSSR count). The number of hydrogen-bond acceptors (Lipinski definition) is 4. The SMILES string of the molecule is CCOC1CC(N)(CN(C)C2CCOC2C)C1(C)C. The van der Waals surface area contributed by atoms with Gasteiger partial charge in [-0.05, 0) is 33.7 Å². The molecule has 4 heteroatoms. The summed E-state index contributed by atoms with van der Waals surface area (Å²) >= 11 is 0. The van der Waals surface area contributed by atoms with E-state index in [0.29, 0.717) is 18.2 Å². The summed E-state index contributed by atoms with van der Waals surface area (Å²) in [7, 11) is 2.18. The Morgan fingerprint density at radius 1 is 1.42 bits per heavy atom. The molecule has 0 spiro atoms. The van der Waals surface area contributed by atoms with Crippen molar-refractivity contribution in [1.29, 1.82) is 0 Å². The Morgan fingerprint density at radius 3 is 2.58 bits per heavy atom. The van der Waals surface area contributed by atoms with E-state index in [4.69, 9.17) is 15.2 Å². The fourth-order valence-electron chi connectivity index (χ4n) is 3.64. The Labute approximate surface area is 117 Å². The van der Waals surface area contributed by atoms with Gasteiger partial charge < -0.3 is 15.2 Å². The van der Waals surface area contributed by atoms with Crippen LogP contribution in [0.4, 0.5) is 0 Å². The summed E-state index contributed by atoms with van der Waals surface area (Å²) in [5.41, 5.74) is 6.55. The lowest BCUT2D eigenvalue weighted by Crippen LogP contribution is -2.74. The van der Waals surface area contributed by atoms with Crippen molar-refractivity contribution in [2.75, 3.05) is 26.8 Å². The second kappa shape index (κ2) is 5.32. The highest BCUT2D eigenvalue weighted by atomic mass is 16.5. The van der Waals surface area contributed by atoms with Gasteiger partial charge in [0, 0.05) is 36.8 Å². The second-order valence-corrected chi connectivity index (χ2v) is 6.87. The summed E-state index contributed by atoms with van der Waals surface area (Å²) in [5.74, 6) is 0. The summed E-state index contributed by atoms with van der Waals surface area (Å²) < 4.78 is 11.5. The topological polar surface area (TPSA) is 47.7 Å². The molecule has 1 aliphatic heterocycles. The van der Waals surface area contributed by atoms with E-state index in [2.05, 4.69) is 39.6 Å². The standard InChI is InChI=1S/C15H30N2O2/c1-6-18-13-9-15(16,14(13,3)4)10-17(5)12-7-8-19-11(12)2/h11-13H,6-10,16H2,1-5H3. The normalized spacial score (nSPS) is 41.5. The maximum atomic E-state index is 6.65. The van der Waals surface area contributed by atoms with E-state index in [1.165, 1.54) is 0 Å². The molecular formula is C15H30N2O2. The van der Waals surface area contributed by atoms with Gasteiger partial charge in [0.25, 0.3) is 0 Å². The number of hydrogen-bond donors (Lipinski definition) is 1. The lowest BCUT2D eigenvalue weighted by Gasteiger charge is -2.60. The van der Waals surface area contributed by atoms with Crippen molar-refractivity contribution < 1.29 is 9.47 Å². The number of nitrogens with zero attached hydrogens (tertiary/aromatic N) is 1. The van der Waals surface area contributed by atoms with Gasteiger partial charge in [-0.2, -0.15) is 0 Å². The zero-order chi connectivity index (χ0) is 14.3. The van der Waals surface area contributed by atoms with Gasteiger partial charge in [-0.3, -0.25) is 4.90 Å². The van der Waals surface area contributed by atoms with Crippen LogP contribution >= 0.6 is 0 Å².